The van der Waals surface area contributed by atoms with Crippen LogP contribution < -0.4 is 4.74 Å². The third-order valence-electron chi connectivity index (χ3n) is 2.99. The quantitative estimate of drug-likeness (QED) is 0.852. The van der Waals surface area contributed by atoms with Gasteiger partial charge in [0.1, 0.15) is 24.3 Å². The Morgan fingerprint density at radius 3 is 3.11 bits per heavy atom. The van der Waals surface area contributed by atoms with E-state index in [0.29, 0.717) is 16.8 Å². The monoisotopic (exact) mass is 317 g/mol. The number of likely N-dealkylation sites (N-methyl/N-ethyl adjacent to an activating group) is 1. The molecule has 0 N–H and O–H groups in total. The zero-order chi connectivity index (χ0) is 13.0. The summed E-state index contributed by atoms with van der Waals surface area (Å²) < 4.78 is 24.9. The molecule has 5 heteroatoms. The minimum Gasteiger partial charge on any atom is -0.490 e. The van der Waals surface area contributed by atoms with Crippen molar-refractivity contribution in [1.29, 1.82) is 0 Å². The Morgan fingerprint density at radius 1 is 1.56 bits per heavy atom. The molecular weight excluding hydrogens is 301 g/mol. The number of nitrogens with zero attached hydrogens (tertiary/aromatic N) is 1. The molecule has 18 heavy (non-hydrogen) atoms. The Morgan fingerprint density at radius 2 is 2.39 bits per heavy atom. The van der Waals surface area contributed by atoms with Crippen LogP contribution in [0, 0.1) is 5.82 Å². The van der Waals surface area contributed by atoms with Crippen molar-refractivity contribution in [3.05, 3.63) is 28.5 Å². The van der Waals surface area contributed by atoms with Gasteiger partial charge in [0.2, 0.25) is 0 Å². The van der Waals surface area contributed by atoms with Gasteiger partial charge in [-0.05, 0) is 40.7 Å². The number of rotatable bonds is 4. The smallest absolute Gasteiger partial charge is 0.133 e. The average molecular weight is 318 g/mol. The average Bonchev–Trinajstić information content (AvgIpc) is 2.38. The van der Waals surface area contributed by atoms with E-state index in [4.69, 9.17) is 9.47 Å². The SMILES string of the molecule is CCN1CCOC(COc2ccc(F)cc2Br)C1. The Balaban J connectivity index is 1.87. The van der Waals surface area contributed by atoms with Crippen LogP contribution in [0.15, 0.2) is 22.7 Å². The summed E-state index contributed by atoms with van der Waals surface area (Å²) >= 11 is 3.28. The van der Waals surface area contributed by atoms with Crippen molar-refractivity contribution in [2.45, 2.75) is 13.0 Å². The summed E-state index contributed by atoms with van der Waals surface area (Å²) in [7, 11) is 0. The van der Waals surface area contributed by atoms with E-state index in [1.807, 2.05) is 0 Å². The summed E-state index contributed by atoms with van der Waals surface area (Å²) in [4.78, 5) is 2.33. The fourth-order valence-electron chi connectivity index (χ4n) is 1.94. The molecule has 1 aliphatic rings. The summed E-state index contributed by atoms with van der Waals surface area (Å²) in [5.74, 6) is 0.369. The maximum Gasteiger partial charge on any atom is 0.133 e. The predicted octanol–water partition coefficient (Wildman–Crippen LogP) is 2.69. The molecule has 1 saturated heterocycles. The van der Waals surface area contributed by atoms with E-state index in [-0.39, 0.29) is 11.9 Å². The Labute approximate surface area is 115 Å². The topological polar surface area (TPSA) is 21.7 Å². The number of halogens is 2. The van der Waals surface area contributed by atoms with Gasteiger partial charge in [-0.25, -0.2) is 4.39 Å². The third-order valence-corrected chi connectivity index (χ3v) is 3.61. The van der Waals surface area contributed by atoms with E-state index >= 15 is 0 Å². The van der Waals surface area contributed by atoms with Gasteiger partial charge in [0.15, 0.2) is 0 Å². The summed E-state index contributed by atoms with van der Waals surface area (Å²) in [6.45, 7) is 6.26. The van der Waals surface area contributed by atoms with E-state index in [2.05, 4.69) is 27.8 Å². The van der Waals surface area contributed by atoms with Crippen LogP contribution in [0.2, 0.25) is 0 Å². The van der Waals surface area contributed by atoms with Crippen LogP contribution in [-0.2, 0) is 4.74 Å². The lowest BCUT2D eigenvalue weighted by atomic mass is 10.3. The number of hydrogen-bond acceptors (Lipinski definition) is 3. The molecule has 0 radical (unpaired) electrons. The van der Waals surface area contributed by atoms with Crippen LogP contribution in [0.1, 0.15) is 6.92 Å². The molecule has 0 amide bonds. The molecule has 1 unspecified atom stereocenters. The van der Waals surface area contributed by atoms with Crippen molar-refractivity contribution in [2.75, 3.05) is 32.8 Å². The molecule has 1 aliphatic heterocycles. The van der Waals surface area contributed by atoms with Crippen LogP contribution in [0.5, 0.6) is 5.75 Å². The van der Waals surface area contributed by atoms with E-state index in [0.717, 1.165) is 26.2 Å². The van der Waals surface area contributed by atoms with Crippen LogP contribution in [-0.4, -0.2) is 43.9 Å². The Hall–Kier alpha value is -0.650. The lowest BCUT2D eigenvalue weighted by molar-refractivity contribution is -0.0465. The van der Waals surface area contributed by atoms with E-state index in [1.165, 1.54) is 12.1 Å². The molecule has 100 valence electrons. The standard InChI is InChI=1S/C13H17BrFNO2/c1-2-16-5-6-17-11(8-16)9-18-13-4-3-10(15)7-12(13)14/h3-4,7,11H,2,5-6,8-9H2,1H3. The summed E-state index contributed by atoms with van der Waals surface area (Å²) in [5.41, 5.74) is 0. The highest BCUT2D eigenvalue weighted by Gasteiger charge is 2.20. The minimum absolute atomic E-state index is 0.0793. The molecule has 0 bridgehead atoms. The molecule has 1 atom stereocenters. The van der Waals surface area contributed by atoms with Gasteiger partial charge in [-0.2, -0.15) is 0 Å². The molecule has 0 aromatic heterocycles. The lowest BCUT2D eigenvalue weighted by Crippen LogP contribution is -2.44. The lowest BCUT2D eigenvalue weighted by Gasteiger charge is -2.31. The first-order valence-electron chi connectivity index (χ1n) is 6.11. The van der Waals surface area contributed by atoms with Crippen LogP contribution in [0.4, 0.5) is 4.39 Å². The first-order chi connectivity index (χ1) is 8.69. The number of ether oxygens (including phenoxy) is 2. The van der Waals surface area contributed by atoms with Gasteiger partial charge in [0.05, 0.1) is 11.1 Å². The van der Waals surface area contributed by atoms with Crippen molar-refractivity contribution >= 4 is 15.9 Å². The zero-order valence-electron chi connectivity index (χ0n) is 10.4. The molecule has 1 heterocycles. The second kappa shape index (κ2) is 6.50. The molecule has 0 spiro atoms. The van der Waals surface area contributed by atoms with Gasteiger partial charge in [0.25, 0.3) is 0 Å². The van der Waals surface area contributed by atoms with Gasteiger partial charge in [-0.15, -0.1) is 0 Å². The highest BCUT2D eigenvalue weighted by Crippen LogP contribution is 2.25. The Bertz CT molecular complexity index is 403. The molecule has 0 aliphatic carbocycles. The van der Waals surface area contributed by atoms with Crippen LogP contribution in [0.25, 0.3) is 0 Å². The highest BCUT2D eigenvalue weighted by molar-refractivity contribution is 9.10. The fourth-order valence-corrected chi connectivity index (χ4v) is 2.41. The van der Waals surface area contributed by atoms with Gasteiger partial charge < -0.3 is 9.47 Å². The molecule has 2 rings (SSSR count). The van der Waals surface area contributed by atoms with Crippen molar-refractivity contribution in [2.24, 2.45) is 0 Å². The fraction of sp³-hybridized carbons (Fsp3) is 0.538. The second-order valence-corrected chi connectivity index (χ2v) is 5.13. The second-order valence-electron chi connectivity index (χ2n) is 4.27. The zero-order valence-corrected chi connectivity index (χ0v) is 12.0. The van der Waals surface area contributed by atoms with Gasteiger partial charge in [0, 0.05) is 13.1 Å². The largest absolute Gasteiger partial charge is 0.490 e. The summed E-state index contributed by atoms with van der Waals surface area (Å²) in [6.07, 6.45) is 0.0793. The summed E-state index contributed by atoms with van der Waals surface area (Å²) in [5, 5.41) is 0. The number of benzene rings is 1. The van der Waals surface area contributed by atoms with Gasteiger partial charge in [-0.3, -0.25) is 4.90 Å². The van der Waals surface area contributed by atoms with E-state index in [9.17, 15) is 4.39 Å². The molecule has 3 nitrogen and oxygen atoms in total. The van der Waals surface area contributed by atoms with Crippen molar-refractivity contribution < 1.29 is 13.9 Å². The normalized spacial score (nSPS) is 20.9. The van der Waals surface area contributed by atoms with Crippen LogP contribution >= 0.6 is 15.9 Å². The van der Waals surface area contributed by atoms with Crippen molar-refractivity contribution in [1.82, 2.24) is 4.90 Å². The van der Waals surface area contributed by atoms with Crippen molar-refractivity contribution in [3.8, 4) is 5.75 Å². The van der Waals surface area contributed by atoms with Gasteiger partial charge in [-0.1, -0.05) is 6.92 Å². The molecule has 1 aromatic rings. The third kappa shape index (κ3) is 3.67. The Kier molecular flexibility index (Phi) is 4.97. The predicted molar refractivity (Wildman–Crippen MR) is 71.4 cm³/mol. The maximum absolute atomic E-state index is 12.9. The van der Waals surface area contributed by atoms with E-state index < -0.39 is 0 Å². The first kappa shape index (κ1) is 13.8. The summed E-state index contributed by atoms with van der Waals surface area (Å²) in [6, 6.07) is 4.41. The van der Waals surface area contributed by atoms with Crippen LogP contribution in [0.3, 0.4) is 0 Å². The maximum atomic E-state index is 12.9. The molecule has 1 fully saturated rings. The van der Waals surface area contributed by atoms with Crippen molar-refractivity contribution in [3.63, 3.8) is 0 Å². The first-order valence-corrected chi connectivity index (χ1v) is 6.90. The molecular formula is C13H17BrFNO2. The number of hydrogen-bond donors (Lipinski definition) is 0. The van der Waals surface area contributed by atoms with Gasteiger partial charge >= 0.3 is 0 Å². The highest BCUT2D eigenvalue weighted by atomic mass is 79.9. The van der Waals surface area contributed by atoms with E-state index in [1.54, 1.807) is 6.07 Å². The number of morpholine rings is 1. The molecule has 1 aromatic carbocycles. The minimum atomic E-state index is -0.278. The molecule has 0 saturated carbocycles.